The second kappa shape index (κ2) is 7.25. The topological polar surface area (TPSA) is 47.6 Å². The Bertz CT molecular complexity index is 1030. The van der Waals surface area contributed by atoms with Gasteiger partial charge in [0.15, 0.2) is 0 Å². The number of ether oxygens (including phenoxy) is 2. The Morgan fingerprint density at radius 3 is 2.59 bits per heavy atom. The van der Waals surface area contributed by atoms with E-state index in [4.69, 9.17) is 21.1 Å². The number of carbonyl (C=O) groups is 1. The Kier molecular flexibility index (Phi) is 4.81. The summed E-state index contributed by atoms with van der Waals surface area (Å²) in [6.45, 7) is 0. The second-order valence-corrected chi connectivity index (χ2v) is 7.75. The number of benzene rings is 2. The van der Waals surface area contributed by atoms with Gasteiger partial charge < -0.3 is 14.8 Å². The van der Waals surface area contributed by atoms with Gasteiger partial charge >= 0.3 is 0 Å². The van der Waals surface area contributed by atoms with Crippen LogP contribution < -0.4 is 14.8 Å². The molecule has 0 saturated heterocycles. The minimum absolute atomic E-state index is 0.134. The summed E-state index contributed by atoms with van der Waals surface area (Å²) in [6.07, 6.45) is 1.87. The van der Waals surface area contributed by atoms with Crippen molar-refractivity contribution in [2.75, 3.05) is 19.5 Å². The number of nitrogens with one attached hydrogen (secondary N) is 1. The number of amides is 1. The molecule has 0 aliphatic heterocycles. The van der Waals surface area contributed by atoms with Gasteiger partial charge in [-0.3, -0.25) is 4.79 Å². The Labute approximate surface area is 166 Å². The zero-order chi connectivity index (χ0) is 19.0. The highest BCUT2D eigenvalue weighted by atomic mass is 35.5. The molecule has 138 valence electrons. The van der Waals surface area contributed by atoms with E-state index in [0.29, 0.717) is 21.3 Å². The fraction of sp³-hybridized carbons (Fsp3) is 0.190. The van der Waals surface area contributed by atoms with Crippen LogP contribution >= 0.6 is 22.9 Å². The molecule has 27 heavy (non-hydrogen) atoms. The molecule has 0 bridgehead atoms. The monoisotopic (exact) mass is 399 g/mol. The summed E-state index contributed by atoms with van der Waals surface area (Å²) in [5.41, 5.74) is 4.31. The van der Waals surface area contributed by atoms with Gasteiger partial charge in [-0.25, -0.2) is 0 Å². The zero-order valence-corrected chi connectivity index (χ0v) is 16.5. The van der Waals surface area contributed by atoms with E-state index < -0.39 is 0 Å². The van der Waals surface area contributed by atoms with E-state index in [1.165, 1.54) is 28.0 Å². The number of fused-ring (bicyclic) bond motifs is 3. The Morgan fingerprint density at radius 1 is 1.04 bits per heavy atom. The first kappa shape index (κ1) is 17.9. The fourth-order valence-corrected chi connectivity index (χ4v) is 4.71. The van der Waals surface area contributed by atoms with Crippen molar-refractivity contribution in [2.24, 2.45) is 0 Å². The van der Waals surface area contributed by atoms with Crippen LogP contribution in [0.2, 0.25) is 5.02 Å². The number of thiophene rings is 1. The van der Waals surface area contributed by atoms with Gasteiger partial charge in [-0.1, -0.05) is 11.6 Å². The van der Waals surface area contributed by atoms with Crippen molar-refractivity contribution in [3.05, 3.63) is 63.5 Å². The lowest BCUT2D eigenvalue weighted by Gasteiger charge is -2.16. The molecule has 1 aromatic heterocycles. The maximum absolute atomic E-state index is 12.7. The normalized spacial score (nSPS) is 12.1. The molecule has 0 unspecified atom stereocenters. The molecule has 0 radical (unpaired) electrons. The van der Waals surface area contributed by atoms with E-state index in [9.17, 15) is 4.79 Å². The summed E-state index contributed by atoms with van der Waals surface area (Å²) in [4.78, 5) is 14.6. The highest BCUT2D eigenvalue weighted by Crippen LogP contribution is 2.41. The maximum Gasteiger partial charge on any atom is 0.265 e. The summed E-state index contributed by atoms with van der Waals surface area (Å²) in [5.74, 6) is 1.31. The van der Waals surface area contributed by atoms with Crippen molar-refractivity contribution in [3.8, 4) is 21.9 Å². The first-order chi connectivity index (χ1) is 13.1. The molecule has 1 N–H and O–H groups in total. The average molecular weight is 400 g/mol. The van der Waals surface area contributed by atoms with E-state index in [2.05, 4.69) is 17.4 Å². The van der Waals surface area contributed by atoms with Crippen molar-refractivity contribution < 1.29 is 14.3 Å². The summed E-state index contributed by atoms with van der Waals surface area (Å²) >= 11 is 7.66. The molecule has 2 aromatic carbocycles. The van der Waals surface area contributed by atoms with Crippen LogP contribution in [0.3, 0.4) is 0 Å². The molecule has 0 spiro atoms. The molecule has 3 aromatic rings. The van der Waals surface area contributed by atoms with Gasteiger partial charge in [0, 0.05) is 10.6 Å². The van der Waals surface area contributed by atoms with Gasteiger partial charge in [0.25, 0.3) is 5.91 Å². The zero-order valence-electron chi connectivity index (χ0n) is 15.0. The number of methoxy groups -OCH3 is 2. The molecular weight excluding hydrogens is 382 g/mol. The first-order valence-electron chi connectivity index (χ1n) is 8.54. The van der Waals surface area contributed by atoms with E-state index >= 15 is 0 Å². The average Bonchev–Trinajstić information content (AvgIpc) is 3.12. The predicted octanol–water partition coefficient (Wildman–Crippen LogP) is 5.44. The van der Waals surface area contributed by atoms with Crippen LogP contribution in [0.4, 0.5) is 5.69 Å². The maximum atomic E-state index is 12.7. The number of hydrogen-bond acceptors (Lipinski definition) is 4. The molecule has 0 fully saturated rings. The first-order valence-corrected chi connectivity index (χ1v) is 9.73. The molecule has 1 heterocycles. The van der Waals surface area contributed by atoms with Crippen molar-refractivity contribution in [1.82, 2.24) is 0 Å². The molecular formula is C21H18ClNO3S. The van der Waals surface area contributed by atoms with Gasteiger partial charge in [-0.05, 0) is 72.0 Å². The summed E-state index contributed by atoms with van der Waals surface area (Å²) < 4.78 is 10.5. The van der Waals surface area contributed by atoms with E-state index in [1.807, 2.05) is 12.1 Å². The third kappa shape index (κ3) is 3.40. The minimum atomic E-state index is -0.134. The van der Waals surface area contributed by atoms with Crippen LogP contribution in [0, 0.1) is 0 Å². The largest absolute Gasteiger partial charge is 0.497 e. The molecule has 0 atom stereocenters. The van der Waals surface area contributed by atoms with Crippen LogP contribution in [-0.4, -0.2) is 20.1 Å². The number of halogens is 1. The molecule has 1 aliphatic carbocycles. The quantitative estimate of drug-likeness (QED) is 0.635. The number of anilines is 1. The van der Waals surface area contributed by atoms with Crippen LogP contribution in [0.5, 0.6) is 11.5 Å². The highest BCUT2D eigenvalue weighted by Gasteiger charge is 2.22. The van der Waals surface area contributed by atoms with Gasteiger partial charge in [-0.15, -0.1) is 11.3 Å². The Hall–Kier alpha value is -2.50. The minimum Gasteiger partial charge on any atom is -0.497 e. The van der Waals surface area contributed by atoms with Gasteiger partial charge in [0.05, 0.1) is 24.1 Å². The lowest BCUT2D eigenvalue weighted by Crippen LogP contribution is -2.10. The molecule has 6 heteroatoms. The molecule has 1 amide bonds. The predicted molar refractivity (Wildman–Crippen MR) is 110 cm³/mol. The lowest BCUT2D eigenvalue weighted by molar-refractivity contribution is 0.103. The number of aryl methyl sites for hydroxylation is 2. The summed E-state index contributed by atoms with van der Waals surface area (Å²) in [6, 6.07) is 13.3. The van der Waals surface area contributed by atoms with Crippen LogP contribution in [0.1, 0.15) is 20.8 Å². The van der Waals surface area contributed by atoms with Gasteiger partial charge in [0.2, 0.25) is 0 Å². The molecule has 4 nitrogen and oxygen atoms in total. The van der Waals surface area contributed by atoms with Crippen LogP contribution in [-0.2, 0) is 12.8 Å². The van der Waals surface area contributed by atoms with Crippen molar-refractivity contribution in [1.29, 1.82) is 0 Å². The third-order valence-corrected chi connectivity index (χ3v) is 6.17. The summed E-state index contributed by atoms with van der Waals surface area (Å²) in [7, 11) is 3.23. The lowest BCUT2D eigenvalue weighted by atomic mass is 9.91. The van der Waals surface area contributed by atoms with E-state index in [0.717, 1.165) is 23.5 Å². The number of carbonyl (C=O) groups excluding carboxylic acids is 1. The standard InChI is InChI=1S/C21H18ClNO3S/c1-25-15-6-7-16-12(9-15)3-4-13-10-19(27-20(13)16)21(24)23-14-5-8-18(26-2)17(22)11-14/h5-11H,3-4H2,1-2H3,(H,23,24). The van der Waals surface area contributed by atoms with Crippen molar-refractivity contribution in [2.45, 2.75) is 12.8 Å². The fourth-order valence-electron chi connectivity index (χ4n) is 3.29. The van der Waals surface area contributed by atoms with Gasteiger partial charge in [0.1, 0.15) is 11.5 Å². The molecule has 0 saturated carbocycles. The summed E-state index contributed by atoms with van der Waals surface area (Å²) in [5, 5.41) is 3.37. The van der Waals surface area contributed by atoms with Crippen molar-refractivity contribution in [3.63, 3.8) is 0 Å². The number of rotatable bonds is 4. The Balaban J connectivity index is 1.60. The van der Waals surface area contributed by atoms with Gasteiger partial charge in [-0.2, -0.15) is 0 Å². The second-order valence-electron chi connectivity index (χ2n) is 6.29. The van der Waals surface area contributed by atoms with Crippen LogP contribution in [0.25, 0.3) is 10.4 Å². The van der Waals surface area contributed by atoms with Crippen molar-refractivity contribution >= 4 is 34.5 Å². The van der Waals surface area contributed by atoms with E-state index in [-0.39, 0.29) is 5.91 Å². The van der Waals surface area contributed by atoms with Crippen LogP contribution in [0.15, 0.2) is 42.5 Å². The molecule has 1 aliphatic rings. The smallest absolute Gasteiger partial charge is 0.265 e. The van der Waals surface area contributed by atoms with E-state index in [1.54, 1.807) is 32.4 Å². The number of hydrogen-bond donors (Lipinski definition) is 1. The Morgan fingerprint density at radius 2 is 1.85 bits per heavy atom. The molecule has 4 rings (SSSR count). The highest BCUT2D eigenvalue weighted by molar-refractivity contribution is 7.17. The SMILES string of the molecule is COc1ccc2c(c1)CCc1cc(C(=O)Nc3ccc(OC)c(Cl)c3)sc1-2. The third-order valence-electron chi connectivity index (χ3n) is 4.66.